The molecule has 0 saturated carbocycles. The number of nitrogens with one attached hydrogen (secondary N) is 1. The molecule has 27 heavy (non-hydrogen) atoms. The molecule has 5 rings (SSSR count). The number of para-hydroxylation sites is 1. The van der Waals surface area contributed by atoms with Gasteiger partial charge < -0.3 is 5.32 Å². The van der Waals surface area contributed by atoms with Crippen molar-refractivity contribution in [2.45, 2.75) is 0 Å². The van der Waals surface area contributed by atoms with Gasteiger partial charge in [-0.05, 0) is 36.4 Å². The molecule has 0 fully saturated rings. The van der Waals surface area contributed by atoms with Gasteiger partial charge in [0.05, 0.1) is 20.8 Å². The Hall–Kier alpha value is -2.95. The van der Waals surface area contributed by atoms with Crippen molar-refractivity contribution in [2.75, 3.05) is 5.32 Å². The summed E-state index contributed by atoms with van der Waals surface area (Å²) in [4.78, 5) is 19.0. The second-order valence-electron chi connectivity index (χ2n) is 6.24. The highest BCUT2D eigenvalue weighted by atomic mass is 35.5. The number of nitrogens with zero attached hydrogens (tertiary/aromatic N) is 1. The molecule has 0 saturated heterocycles. The third-order valence-electron chi connectivity index (χ3n) is 4.52. The van der Waals surface area contributed by atoms with Crippen LogP contribution in [-0.2, 0) is 0 Å². The molecular weight excluding hydrogens is 376 g/mol. The van der Waals surface area contributed by atoms with Gasteiger partial charge >= 0.3 is 0 Å². The van der Waals surface area contributed by atoms with E-state index >= 15 is 0 Å². The second kappa shape index (κ2) is 6.34. The summed E-state index contributed by atoms with van der Waals surface area (Å²) in [5.74, 6) is 0. The van der Waals surface area contributed by atoms with Gasteiger partial charge in [0.2, 0.25) is 5.43 Å². The minimum absolute atomic E-state index is 0.0265. The molecule has 130 valence electrons. The normalized spacial score (nSPS) is 11.3. The van der Waals surface area contributed by atoms with Crippen molar-refractivity contribution in [2.24, 2.45) is 0 Å². The lowest BCUT2D eigenvalue weighted by molar-refractivity contribution is 1.43. The monoisotopic (exact) mass is 388 g/mol. The Morgan fingerprint density at radius 3 is 2.37 bits per heavy atom. The van der Waals surface area contributed by atoms with Gasteiger partial charge in [-0.3, -0.25) is 4.79 Å². The van der Waals surface area contributed by atoms with Crippen molar-refractivity contribution in [3.05, 3.63) is 88.0 Å². The van der Waals surface area contributed by atoms with Gasteiger partial charge in [-0.25, -0.2) is 4.98 Å². The largest absolute Gasteiger partial charge is 0.351 e. The molecule has 1 aliphatic heterocycles. The molecule has 0 spiro atoms. The van der Waals surface area contributed by atoms with Crippen LogP contribution in [0.25, 0.3) is 31.6 Å². The number of hydrogen-bond acceptors (Lipinski definition) is 4. The lowest BCUT2D eigenvalue weighted by Gasteiger charge is -2.16. The fourth-order valence-corrected chi connectivity index (χ4v) is 4.44. The van der Waals surface area contributed by atoms with E-state index in [1.165, 1.54) is 0 Å². The van der Waals surface area contributed by atoms with Crippen molar-refractivity contribution in [1.82, 2.24) is 4.98 Å². The van der Waals surface area contributed by atoms with Gasteiger partial charge in [0.15, 0.2) is 0 Å². The predicted octanol–water partition coefficient (Wildman–Crippen LogP) is 6.31. The van der Waals surface area contributed by atoms with Crippen molar-refractivity contribution < 1.29 is 0 Å². The molecule has 1 heterocycles. The van der Waals surface area contributed by atoms with Crippen molar-refractivity contribution in [3.63, 3.8) is 0 Å². The van der Waals surface area contributed by atoms with E-state index in [1.54, 1.807) is 23.5 Å². The lowest BCUT2D eigenvalue weighted by atomic mass is 10.0. The summed E-state index contributed by atoms with van der Waals surface area (Å²) in [6, 6.07) is 22.9. The van der Waals surface area contributed by atoms with Gasteiger partial charge in [-0.2, -0.15) is 0 Å². The Balaban J connectivity index is 1.87. The first-order valence-electron chi connectivity index (χ1n) is 8.47. The van der Waals surface area contributed by atoms with Crippen LogP contribution in [0.1, 0.15) is 0 Å². The highest BCUT2D eigenvalue weighted by Gasteiger charge is 2.20. The predicted molar refractivity (Wildman–Crippen MR) is 115 cm³/mol. The van der Waals surface area contributed by atoms with E-state index in [-0.39, 0.29) is 5.43 Å². The van der Waals surface area contributed by atoms with Crippen LogP contribution in [0.3, 0.4) is 0 Å². The quantitative estimate of drug-likeness (QED) is 0.284. The third kappa shape index (κ3) is 2.74. The van der Waals surface area contributed by atoms with Crippen LogP contribution in [0.4, 0.5) is 11.4 Å². The van der Waals surface area contributed by atoms with Crippen LogP contribution in [0, 0.1) is 0 Å². The molecule has 0 unspecified atom stereocenters. The Labute approximate surface area is 164 Å². The molecule has 1 N–H and O–H groups in total. The van der Waals surface area contributed by atoms with E-state index in [0.717, 1.165) is 31.9 Å². The third-order valence-corrected chi connectivity index (χ3v) is 5.94. The Kier molecular flexibility index (Phi) is 3.81. The molecule has 0 amide bonds. The minimum Gasteiger partial charge on any atom is -0.351 e. The van der Waals surface area contributed by atoms with Gasteiger partial charge in [-0.1, -0.05) is 48.0 Å². The smallest absolute Gasteiger partial charge is 0.211 e. The van der Waals surface area contributed by atoms with Crippen LogP contribution in [0.15, 0.2) is 77.6 Å². The van der Waals surface area contributed by atoms with Gasteiger partial charge in [0.1, 0.15) is 5.69 Å². The fraction of sp³-hybridized carbons (Fsp3) is 0. The van der Waals surface area contributed by atoms with Crippen LogP contribution < -0.4 is 10.7 Å². The van der Waals surface area contributed by atoms with E-state index in [2.05, 4.69) is 5.32 Å². The fourth-order valence-electron chi connectivity index (χ4n) is 3.23. The number of fused-ring (bicyclic) bond motifs is 4. The number of rotatable bonds is 2. The topological polar surface area (TPSA) is 42.0 Å². The maximum absolute atomic E-state index is 13.2. The van der Waals surface area contributed by atoms with Crippen molar-refractivity contribution in [3.8, 4) is 10.6 Å². The summed E-state index contributed by atoms with van der Waals surface area (Å²) in [7, 11) is 0. The number of aromatic nitrogens is 1. The molecule has 0 bridgehead atoms. The highest BCUT2D eigenvalue weighted by Crippen LogP contribution is 2.40. The van der Waals surface area contributed by atoms with Crippen LogP contribution in [-0.4, -0.2) is 4.98 Å². The number of anilines is 2. The van der Waals surface area contributed by atoms with Crippen LogP contribution >= 0.6 is 22.9 Å². The minimum atomic E-state index is -0.0265. The maximum atomic E-state index is 13.2. The first-order valence-corrected chi connectivity index (χ1v) is 9.67. The van der Waals surface area contributed by atoms with Gasteiger partial charge in [-0.15, -0.1) is 11.3 Å². The summed E-state index contributed by atoms with van der Waals surface area (Å²) < 4.78 is 1.04. The molecule has 3 aromatic rings. The van der Waals surface area contributed by atoms with Crippen molar-refractivity contribution >= 4 is 55.3 Å². The van der Waals surface area contributed by atoms with Gasteiger partial charge in [0, 0.05) is 21.5 Å². The summed E-state index contributed by atoms with van der Waals surface area (Å²) in [5, 5.41) is 5.49. The average Bonchev–Trinajstić information content (AvgIpc) is 2.71. The lowest BCUT2D eigenvalue weighted by Crippen LogP contribution is -2.11. The number of halogens is 1. The van der Waals surface area contributed by atoms with E-state index in [4.69, 9.17) is 16.6 Å². The maximum Gasteiger partial charge on any atom is 0.211 e. The zero-order valence-corrected chi connectivity index (χ0v) is 15.6. The number of benzene rings is 4. The van der Waals surface area contributed by atoms with Gasteiger partial charge in [0.25, 0.3) is 0 Å². The molecule has 3 aromatic carbocycles. The highest BCUT2D eigenvalue weighted by molar-refractivity contribution is 7.22. The van der Waals surface area contributed by atoms with Crippen molar-refractivity contribution in [1.29, 1.82) is 0 Å². The van der Waals surface area contributed by atoms with E-state index in [1.807, 2.05) is 60.7 Å². The van der Waals surface area contributed by atoms with E-state index in [9.17, 15) is 4.79 Å². The Morgan fingerprint density at radius 2 is 1.56 bits per heavy atom. The summed E-state index contributed by atoms with van der Waals surface area (Å²) in [6.07, 6.45) is 0. The van der Waals surface area contributed by atoms with E-state index in [0.29, 0.717) is 16.1 Å². The SMILES string of the molecule is O=c1c(Nc2ccc(Cl)cc2)c2sc3ccccc3nc-2c2ccccc12. The first-order chi connectivity index (χ1) is 13.2. The molecular formula is C22H13ClN2OS. The summed E-state index contributed by atoms with van der Waals surface area (Å²) in [5.41, 5.74) is 3.10. The standard InChI is InChI=1S/C22H13ClN2OS/c23-13-9-11-14(12-10-13)24-20-21(26)16-6-2-1-5-15(16)19-22(20)27-18-8-4-3-7-17(18)25-19/h1-12,24H. The Bertz CT molecular complexity index is 1330. The van der Waals surface area contributed by atoms with Crippen LogP contribution in [0.5, 0.6) is 0 Å². The second-order valence-corrected chi connectivity index (χ2v) is 7.73. The summed E-state index contributed by atoms with van der Waals surface area (Å²) >= 11 is 7.57. The Morgan fingerprint density at radius 1 is 0.852 bits per heavy atom. The zero-order valence-electron chi connectivity index (χ0n) is 14.1. The molecule has 3 nitrogen and oxygen atoms in total. The molecule has 1 aliphatic carbocycles. The summed E-state index contributed by atoms with van der Waals surface area (Å²) in [6.45, 7) is 0. The zero-order chi connectivity index (χ0) is 18.4. The number of hydrogen-bond donors (Lipinski definition) is 1. The van der Waals surface area contributed by atoms with E-state index < -0.39 is 0 Å². The molecule has 5 heteroatoms. The molecule has 2 aliphatic rings. The first kappa shape index (κ1) is 16.2. The van der Waals surface area contributed by atoms with Crippen LogP contribution in [0.2, 0.25) is 5.02 Å². The molecule has 0 radical (unpaired) electrons. The molecule has 0 atom stereocenters. The average molecular weight is 389 g/mol. The molecule has 0 aromatic heterocycles.